The normalized spacial score (nSPS) is 21.4. The molecule has 1 aromatic heterocycles. The lowest BCUT2D eigenvalue weighted by molar-refractivity contribution is -0.161. The van der Waals surface area contributed by atoms with Crippen LogP contribution in [0.15, 0.2) is 59.5 Å². The van der Waals surface area contributed by atoms with E-state index in [2.05, 4.69) is 10.6 Å². The number of carboxylic acid groups (broad SMARTS) is 1. The highest BCUT2D eigenvalue weighted by Gasteiger charge is 2.64. The first kappa shape index (κ1) is 27.9. The van der Waals surface area contributed by atoms with E-state index in [0.29, 0.717) is 5.56 Å². The molecule has 0 bridgehead atoms. The number of hydrogen-bond donors (Lipinski definition) is 3. The summed E-state index contributed by atoms with van der Waals surface area (Å²) < 4.78 is 14.5. The fourth-order valence-corrected chi connectivity index (χ4v) is 6.90. The Morgan fingerprint density at radius 3 is 2.54 bits per heavy atom. The molecule has 210 valence electrons. The summed E-state index contributed by atoms with van der Waals surface area (Å²) in [6.45, 7) is 3.20. The van der Waals surface area contributed by atoms with Crippen LogP contribution in [-0.4, -0.2) is 60.5 Å². The van der Waals surface area contributed by atoms with Crippen molar-refractivity contribution < 1.29 is 28.7 Å². The third-order valence-corrected chi connectivity index (χ3v) is 8.74. The zero-order valence-corrected chi connectivity index (χ0v) is 22.6. The molecule has 2 aliphatic rings. The van der Waals surface area contributed by atoms with Crippen molar-refractivity contribution in [1.29, 1.82) is 5.26 Å². The van der Waals surface area contributed by atoms with Crippen molar-refractivity contribution in [3.05, 3.63) is 81.9 Å². The molecule has 2 unspecified atom stereocenters. The van der Waals surface area contributed by atoms with Crippen molar-refractivity contribution in [1.82, 2.24) is 20.1 Å². The van der Waals surface area contributed by atoms with Gasteiger partial charge in [0.25, 0.3) is 5.91 Å². The number of hydrogen-bond acceptors (Lipinski definition) is 7. The van der Waals surface area contributed by atoms with Gasteiger partial charge in [-0.05, 0) is 37.6 Å². The lowest BCUT2D eigenvalue weighted by Crippen LogP contribution is -2.71. The van der Waals surface area contributed by atoms with E-state index in [1.165, 1.54) is 33.5 Å². The SMILES string of the molecule is CC1(C)S[C@@H]2C(NC(=O)C(NC(=O)c3cn(CC#N)c4ccc(F)cc4c3=O)c3ccccc3)C(=O)N2[C@H]1C(=O)O. The number of carbonyl (C=O) groups excluding carboxylic acids is 3. The van der Waals surface area contributed by atoms with E-state index < -0.39 is 68.7 Å². The van der Waals surface area contributed by atoms with Gasteiger partial charge in [0.1, 0.15) is 41.4 Å². The third kappa shape index (κ3) is 4.80. The number of amides is 3. The van der Waals surface area contributed by atoms with Gasteiger partial charge in [0, 0.05) is 16.3 Å². The summed E-state index contributed by atoms with van der Waals surface area (Å²) >= 11 is 1.26. The van der Waals surface area contributed by atoms with Crippen LogP contribution in [0.2, 0.25) is 0 Å². The van der Waals surface area contributed by atoms with Gasteiger partial charge in [0.2, 0.25) is 17.2 Å². The number of pyridine rings is 1. The van der Waals surface area contributed by atoms with Gasteiger partial charge < -0.3 is 25.2 Å². The predicted molar refractivity (Wildman–Crippen MR) is 146 cm³/mol. The first-order valence-corrected chi connectivity index (χ1v) is 13.4. The van der Waals surface area contributed by atoms with Crippen molar-refractivity contribution >= 4 is 46.4 Å². The second-order valence-electron chi connectivity index (χ2n) is 10.2. The number of aliphatic carboxylic acids is 1. The fraction of sp³-hybridized carbons (Fsp3) is 0.286. The molecule has 4 atom stereocenters. The molecule has 0 spiro atoms. The molecule has 0 saturated carbocycles. The van der Waals surface area contributed by atoms with Crippen LogP contribution in [0.25, 0.3) is 10.9 Å². The topological polar surface area (TPSA) is 162 Å². The standard InChI is InChI=1S/C28H24FN5O6S/c1-28(2)22(27(39)40)34-25(38)20(26(34)41-28)32-24(37)19(14-6-4-3-5-7-14)31-23(36)17-13-33(11-10-30)18-9-8-15(29)12-16(18)21(17)35/h3-9,12-13,19-20,22,26H,11H2,1-2H3,(H,31,36)(H,32,37)(H,39,40)/t19?,20?,22-,26+/m0/s1. The number of benzene rings is 2. The molecule has 0 radical (unpaired) electrons. The van der Waals surface area contributed by atoms with Gasteiger partial charge in [-0.2, -0.15) is 5.26 Å². The van der Waals surface area contributed by atoms with Crippen molar-refractivity contribution in [2.75, 3.05) is 0 Å². The van der Waals surface area contributed by atoms with Crippen molar-refractivity contribution in [2.24, 2.45) is 0 Å². The van der Waals surface area contributed by atoms with E-state index in [4.69, 9.17) is 0 Å². The molecule has 0 aliphatic carbocycles. The molecule has 41 heavy (non-hydrogen) atoms. The molecule has 2 fully saturated rings. The lowest BCUT2D eigenvalue weighted by atomic mass is 9.95. The van der Waals surface area contributed by atoms with Crippen molar-refractivity contribution in [3.63, 3.8) is 0 Å². The maximum absolute atomic E-state index is 14.0. The monoisotopic (exact) mass is 577 g/mol. The van der Waals surface area contributed by atoms with Crippen LogP contribution in [0.4, 0.5) is 4.39 Å². The summed E-state index contributed by atoms with van der Waals surface area (Å²) in [6.07, 6.45) is 1.18. The van der Waals surface area contributed by atoms with Crippen molar-refractivity contribution in [3.8, 4) is 6.07 Å². The lowest BCUT2D eigenvalue weighted by Gasteiger charge is -2.44. The first-order chi connectivity index (χ1) is 19.4. The number of nitrogens with zero attached hydrogens (tertiary/aromatic N) is 3. The Balaban J connectivity index is 1.45. The number of carbonyl (C=O) groups is 4. The molecule has 3 aromatic rings. The number of β-lactam (4-membered cyclic amide) rings is 1. The van der Waals surface area contributed by atoms with Gasteiger partial charge in [-0.3, -0.25) is 19.2 Å². The number of carboxylic acids is 1. The number of nitrogens with one attached hydrogen (secondary N) is 2. The zero-order valence-electron chi connectivity index (χ0n) is 21.8. The van der Waals surface area contributed by atoms with E-state index in [0.717, 1.165) is 12.1 Å². The number of halogens is 1. The number of aromatic nitrogens is 1. The van der Waals surface area contributed by atoms with Crippen LogP contribution in [-0.2, 0) is 20.9 Å². The Bertz CT molecular complexity index is 1700. The van der Waals surface area contributed by atoms with Gasteiger partial charge in [-0.1, -0.05) is 30.3 Å². The number of rotatable bonds is 7. The van der Waals surface area contributed by atoms with E-state index in [1.807, 2.05) is 6.07 Å². The maximum Gasteiger partial charge on any atom is 0.327 e. The summed E-state index contributed by atoms with van der Waals surface area (Å²) in [7, 11) is 0. The minimum atomic E-state index is -1.34. The Kier molecular flexibility index (Phi) is 7.04. The van der Waals surface area contributed by atoms with E-state index >= 15 is 0 Å². The Morgan fingerprint density at radius 2 is 1.88 bits per heavy atom. The van der Waals surface area contributed by atoms with Crippen LogP contribution in [0, 0.1) is 17.1 Å². The van der Waals surface area contributed by atoms with Gasteiger partial charge in [-0.25, -0.2) is 9.18 Å². The van der Waals surface area contributed by atoms with Gasteiger partial charge >= 0.3 is 5.97 Å². The average molecular weight is 578 g/mol. The molecule has 5 rings (SSSR count). The summed E-state index contributed by atoms with van der Waals surface area (Å²) in [5.74, 6) is -4.09. The highest BCUT2D eigenvalue weighted by Crippen LogP contribution is 2.50. The second kappa shape index (κ2) is 10.4. The molecule has 3 amide bonds. The van der Waals surface area contributed by atoms with Gasteiger partial charge in [-0.15, -0.1) is 11.8 Å². The molecule has 2 aliphatic heterocycles. The Hall–Kier alpha value is -4.70. The zero-order chi connectivity index (χ0) is 29.6. The minimum absolute atomic E-state index is 0.109. The molecular formula is C28H24FN5O6S. The number of fused-ring (bicyclic) bond motifs is 2. The molecule has 3 heterocycles. The minimum Gasteiger partial charge on any atom is -0.480 e. The summed E-state index contributed by atoms with van der Waals surface area (Å²) in [5.41, 5.74) is -0.576. The smallest absolute Gasteiger partial charge is 0.327 e. The van der Waals surface area contributed by atoms with Crippen LogP contribution >= 0.6 is 11.8 Å². The highest BCUT2D eigenvalue weighted by atomic mass is 32.2. The predicted octanol–water partition coefficient (Wildman–Crippen LogP) is 1.77. The largest absolute Gasteiger partial charge is 0.480 e. The van der Waals surface area contributed by atoms with Crippen LogP contribution in [0.1, 0.15) is 35.8 Å². The molecule has 13 heteroatoms. The second-order valence-corrected chi connectivity index (χ2v) is 12.0. The Morgan fingerprint density at radius 1 is 1.17 bits per heavy atom. The van der Waals surface area contributed by atoms with E-state index in [-0.39, 0.29) is 17.4 Å². The van der Waals surface area contributed by atoms with Gasteiger partial charge in [0.15, 0.2) is 0 Å². The first-order valence-electron chi connectivity index (χ1n) is 12.5. The molecule has 3 N–H and O–H groups in total. The van der Waals surface area contributed by atoms with Crippen LogP contribution < -0.4 is 16.1 Å². The third-order valence-electron chi connectivity index (χ3n) is 7.17. The fourth-order valence-electron chi connectivity index (χ4n) is 5.28. The maximum atomic E-state index is 14.0. The van der Waals surface area contributed by atoms with Gasteiger partial charge in [0.05, 0.1) is 11.6 Å². The van der Waals surface area contributed by atoms with Crippen LogP contribution in [0.3, 0.4) is 0 Å². The molecule has 2 aromatic carbocycles. The summed E-state index contributed by atoms with van der Waals surface area (Å²) in [6, 6.07) is 10.1. The molecular weight excluding hydrogens is 553 g/mol. The quantitative estimate of drug-likeness (QED) is 0.358. The summed E-state index contributed by atoms with van der Waals surface area (Å²) in [4.78, 5) is 66.1. The summed E-state index contributed by atoms with van der Waals surface area (Å²) in [5, 5.41) is 23.4. The highest BCUT2D eigenvalue weighted by molar-refractivity contribution is 8.01. The number of nitriles is 1. The average Bonchev–Trinajstić information content (AvgIpc) is 3.20. The molecule has 11 nitrogen and oxygen atoms in total. The van der Waals surface area contributed by atoms with Crippen molar-refractivity contribution in [2.45, 2.75) is 48.6 Å². The molecule has 2 saturated heterocycles. The number of thioether (sulfide) groups is 1. The van der Waals surface area contributed by atoms with E-state index in [1.54, 1.807) is 44.2 Å². The van der Waals surface area contributed by atoms with E-state index in [9.17, 15) is 38.7 Å². The van der Waals surface area contributed by atoms with Crippen LogP contribution in [0.5, 0.6) is 0 Å². The Labute approximate surface area is 236 Å².